The van der Waals surface area contributed by atoms with Crippen LogP contribution in [0.25, 0.3) is 0 Å². The molecule has 1 aromatic carbocycles. The first kappa shape index (κ1) is 13.2. The van der Waals surface area contributed by atoms with Gasteiger partial charge in [0.1, 0.15) is 0 Å². The van der Waals surface area contributed by atoms with Crippen molar-refractivity contribution in [2.75, 3.05) is 20.3 Å². The van der Waals surface area contributed by atoms with E-state index in [1.165, 1.54) is 7.11 Å². The van der Waals surface area contributed by atoms with E-state index in [0.29, 0.717) is 5.56 Å². The van der Waals surface area contributed by atoms with E-state index in [1.54, 1.807) is 18.2 Å². The SMILES string of the molecule is COCC(CO)NC(=O)c1ccccc1Br. The van der Waals surface area contributed by atoms with Crippen LogP contribution in [0, 0.1) is 0 Å². The van der Waals surface area contributed by atoms with Gasteiger partial charge in [-0.15, -0.1) is 0 Å². The molecular formula is C11H14BrNO3. The Morgan fingerprint density at radius 2 is 2.25 bits per heavy atom. The fraction of sp³-hybridized carbons (Fsp3) is 0.364. The molecule has 0 aliphatic heterocycles. The monoisotopic (exact) mass is 287 g/mol. The van der Waals surface area contributed by atoms with Gasteiger partial charge in [0.15, 0.2) is 0 Å². The lowest BCUT2D eigenvalue weighted by molar-refractivity contribution is 0.0839. The smallest absolute Gasteiger partial charge is 0.252 e. The molecule has 1 rings (SSSR count). The zero-order chi connectivity index (χ0) is 12.0. The van der Waals surface area contributed by atoms with Gasteiger partial charge in [-0.2, -0.15) is 0 Å². The summed E-state index contributed by atoms with van der Waals surface area (Å²) in [5, 5.41) is 11.7. The number of aliphatic hydroxyl groups is 1. The van der Waals surface area contributed by atoms with Gasteiger partial charge in [-0.25, -0.2) is 0 Å². The number of nitrogens with one attached hydrogen (secondary N) is 1. The molecule has 0 saturated heterocycles. The van der Waals surface area contributed by atoms with E-state index < -0.39 is 0 Å². The van der Waals surface area contributed by atoms with Gasteiger partial charge in [-0.3, -0.25) is 4.79 Å². The Morgan fingerprint density at radius 1 is 1.56 bits per heavy atom. The van der Waals surface area contributed by atoms with Crippen LogP contribution in [0.1, 0.15) is 10.4 Å². The number of hydrogen-bond acceptors (Lipinski definition) is 3. The number of hydrogen-bond donors (Lipinski definition) is 2. The maximum atomic E-state index is 11.8. The topological polar surface area (TPSA) is 58.6 Å². The van der Waals surface area contributed by atoms with Crippen LogP contribution in [0.15, 0.2) is 28.7 Å². The van der Waals surface area contributed by atoms with Gasteiger partial charge in [0.25, 0.3) is 5.91 Å². The molecule has 4 nitrogen and oxygen atoms in total. The first-order valence-electron chi connectivity index (χ1n) is 4.84. The standard InChI is InChI=1S/C11H14BrNO3/c1-16-7-8(6-14)13-11(15)9-4-2-3-5-10(9)12/h2-5,8,14H,6-7H2,1H3,(H,13,15). The van der Waals surface area contributed by atoms with E-state index in [4.69, 9.17) is 9.84 Å². The zero-order valence-electron chi connectivity index (χ0n) is 8.94. The molecule has 5 heteroatoms. The van der Waals surface area contributed by atoms with Crippen molar-refractivity contribution in [3.63, 3.8) is 0 Å². The first-order chi connectivity index (χ1) is 7.69. The molecule has 1 amide bonds. The Hall–Kier alpha value is -0.910. The molecular weight excluding hydrogens is 274 g/mol. The van der Waals surface area contributed by atoms with Crippen molar-refractivity contribution in [2.45, 2.75) is 6.04 Å². The van der Waals surface area contributed by atoms with Crippen LogP contribution >= 0.6 is 15.9 Å². The average Bonchev–Trinajstić information content (AvgIpc) is 2.28. The Balaban J connectivity index is 2.68. The van der Waals surface area contributed by atoms with Crippen molar-refractivity contribution in [1.82, 2.24) is 5.32 Å². The third kappa shape index (κ3) is 3.59. The molecule has 0 fully saturated rings. The Kier molecular flexibility index (Phi) is 5.45. The largest absolute Gasteiger partial charge is 0.394 e. The van der Waals surface area contributed by atoms with Gasteiger partial charge >= 0.3 is 0 Å². The molecule has 0 saturated carbocycles. The highest BCUT2D eigenvalue weighted by Gasteiger charge is 2.14. The molecule has 0 heterocycles. The molecule has 88 valence electrons. The molecule has 1 atom stereocenters. The van der Waals surface area contributed by atoms with E-state index in [9.17, 15) is 4.79 Å². The van der Waals surface area contributed by atoms with E-state index in [1.807, 2.05) is 6.07 Å². The van der Waals surface area contributed by atoms with Crippen LogP contribution in [0.2, 0.25) is 0 Å². The van der Waals surface area contributed by atoms with Crippen LogP contribution < -0.4 is 5.32 Å². The van der Waals surface area contributed by atoms with Crippen LogP contribution in [0.3, 0.4) is 0 Å². The molecule has 1 unspecified atom stereocenters. The van der Waals surface area contributed by atoms with E-state index >= 15 is 0 Å². The highest BCUT2D eigenvalue weighted by molar-refractivity contribution is 9.10. The van der Waals surface area contributed by atoms with Gasteiger partial charge in [-0.05, 0) is 28.1 Å². The molecule has 0 aliphatic rings. The molecule has 0 bridgehead atoms. The summed E-state index contributed by atoms with van der Waals surface area (Å²) in [7, 11) is 1.52. The second kappa shape index (κ2) is 6.62. The summed E-state index contributed by atoms with van der Waals surface area (Å²) >= 11 is 3.29. The van der Waals surface area contributed by atoms with Crippen molar-refractivity contribution in [1.29, 1.82) is 0 Å². The zero-order valence-corrected chi connectivity index (χ0v) is 10.5. The van der Waals surface area contributed by atoms with Crippen molar-refractivity contribution in [3.8, 4) is 0 Å². The summed E-state index contributed by atoms with van der Waals surface area (Å²) < 4.78 is 5.60. The highest BCUT2D eigenvalue weighted by Crippen LogP contribution is 2.15. The van der Waals surface area contributed by atoms with E-state index in [2.05, 4.69) is 21.2 Å². The summed E-state index contributed by atoms with van der Waals surface area (Å²) in [5.74, 6) is -0.233. The molecule has 0 spiro atoms. The quantitative estimate of drug-likeness (QED) is 0.855. The molecule has 2 N–H and O–H groups in total. The predicted octanol–water partition coefficient (Wildman–Crippen LogP) is 1.19. The third-order valence-corrected chi connectivity index (χ3v) is 2.73. The number of methoxy groups -OCH3 is 1. The minimum absolute atomic E-state index is 0.149. The van der Waals surface area contributed by atoms with Crippen molar-refractivity contribution in [2.24, 2.45) is 0 Å². The summed E-state index contributed by atoms with van der Waals surface area (Å²) in [6, 6.07) is 6.73. The number of rotatable bonds is 5. The van der Waals surface area contributed by atoms with Gasteiger partial charge in [0, 0.05) is 11.6 Å². The Labute approximate surface area is 103 Å². The molecule has 1 aromatic rings. The van der Waals surface area contributed by atoms with Crippen LogP contribution in [0.5, 0.6) is 0 Å². The number of carbonyl (C=O) groups is 1. The van der Waals surface area contributed by atoms with Crippen LogP contribution in [-0.2, 0) is 4.74 Å². The highest BCUT2D eigenvalue weighted by atomic mass is 79.9. The van der Waals surface area contributed by atoms with Crippen molar-refractivity contribution in [3.05, 3.63) is 34.3 Å². The molecule has 0 aliphatic carbocycles. The van der Waals surface area contributed by atoms with Crippen LogP contribution in [0.4, 0.5) is 0 Å². The molecule has 0 aromatic heterocycles. The van der Waals surface area contributed by atoms with Crippen LogP contribution in [-0.4, -0.2) is 37.4 Å². The number of benzene rings is 1. The number of amides is 1. The van der Waals surface area contributed by atoms with E-state index in [-0.39, 0.29) is 25.2 Å². The average molecular weight is 288 g/mol. The van der Waals surface area contributed by atoms with E-state index in [0.717, 1.165) is 4.47 Å². The minimum Gasteiger partial charge on any atom is -0.394 e. The lowest BCUT2D eigenvalue weighted by Crippen LogP contribution is -2.40. The minimum atomic E-state index is -0.385. The van der Waals surface area contributed by atoms with Crippen molar-refractivity contribution < 1.29 is 14.6 Å². The predicted molar refractivity (Wildman–Crippen MR) is 64.4 cm³/mol. The summed E-state index contributed by atoms with van der Waals surface area (Å²) in [4.78, 5) is 11.8. The van der Waals surface area contributed by atoms with Gasteiger partial charge in [0.05, 0.1) is 24.8 Å². The summed E-state index contributed by atoms with van der Waals surface area (Å²) in [6.07, 6.45) is 0. The lowest BCUT2D eigenvalue weighted by Gasteiger charge is -2.15. The molecule has 16 heavy (non-hydrogen) atoms. The van der Waals surface area contributed by atoms with Crippen molar-refractivity contribution >= 4 is 21.8 Å². The first-order valence-corrected chi connectivity index (χ1v) is 5.63. The number of aliphatic hydroxyl groups excluding tert-OH is 1. The third-order valence-electron chi connectivity index (χ3n) is 2.04. The van der Waals surface area contributed by atoms with Gasteiger partial charge in [0.2, 0.25) is 0 Å². The maximum absolute atomic E-state index is 11.8. The normalized spacial score (nSPS) is 12.2. The second-order valence-corrected chi connectivity index (χ2v) is 4.14. The molecule has 0 radical (unpaired) electrons. The number of ether oxygens (including phenoxy) is 1. The second-order valence-electron chi connectivity index (χ2n) is 3.29. The summed E-state index contributed by atoms with van der Waals surface area (Å²) in [6.45, 7) is 0.136. The van der Waals surface area contributed by atoms with Gasteiger partial charge < -0.3 is 15.2 Å². The van der Waals surface area contributed by atoms with Gasteiger partial charge in [-0.1, -0.05) is 12.1 Å². The number of halogens is 1. The Bertz CT molecular complexity index is 357. The maximum Gasteiger partial charge on any atom is 0.252 e. The lowest BCUT2D eigenvalue weighted by atomic mass is 10.2. The fourth-order valence-corrected chi connectivity index (χ4v) is 1.71. The summed E-state index contributed by atoms with van der Waals surface area (Å²) in [5.41, 5.74) is 0.539. The fourth-order valence-electron chi connectivity index (χ4n) is 1.25. The number of carbonyl (C=O) groups excluding carboxylic acids is 1. The Morgan fingerprint density at radius 3 is 2.81 bits per heavy atom.